The molecule has 2 saturated carbocycles. The topological polar surface area (TPSA) is 39.9 Å². The predicted molar refractivity (Wildman–Crippen MR) is 223 cm³/mol. The van der Waals surface area contributed by atoms with E-state index in [1.807, 2.05) is 24.5 Å². The molecule has 4 aromatic carbocycles. The second-order valence-electron chi connectivity index (χ2n) is 16.5. The van der Waals surface area contributed by atoms with Crippen LogP contribution in [0.5, 0.6) is 11.5 Å². The van der Waals surface area contributed by atoms with Crippen molar-refractivity contribution in [2.45, 2.75) is 81.0 Å². The van der Waals surface area contributed by atoms with Gasteiger partial charge in [-0.3, -0.25) is 4.98 Å². The molecule has 2 fully saturated rings. The van der Waals surface area contributed by atoms with Gasteiger partial charge in [0, 0.05) is 13.1 Å². The summed E-state index contributed by atoms with van der Waals surface area (Å²) in [4.78, 5) is 9.68. The number of para-hydroxylation sites is 1. The van der Waals surface area contributed by atoms with Crippen LogP contribution in [-0.4, -0.2) is 27.8 Å². The van der Waals surface area contributed by atoms with Gasteiger partial charge in [0.2, 0.25) is 0 Å². The fourth-order valence-electron chi connectivity index (χ4n) is 8.98. The number of rotatable bonds is 7. The molecule has 5 heteroatoms. The summed E-state index contributed by atoms with van der Waals surface area (Å²) in [6.45, 7) is 0. The quantitative estimate of drug-likeness (QED) is 0.152. The van der Waals surface area contributed by atoms with Gasteiger partial charge in [0.1, 0.15) is 5.75 Å². The summed E-state index contributed by atoms with van der Waals surface area (Å²) < 4.78 is 19.9. The molecule has 2 aliphatic rings. The summed E-state index contributed by atoms with van der Waals surface area (Å²) in [5.41, 5.74) is 7.96. The second kappa shape index (κ2) is 13.9. The molecule has 0 radical (unpaired) electrons. The maximum atomic E-state index is 9.53. The van der Waals surface area contributed by atoms with Gasteiger partial charge in [-0.2, -0.15) is 0 Å². The summed E-state index contributed by atoms with van der Waals surface area (Å²) >= 11 is -1.90. The minimum Gasteiger partial charge on any atom is -0.0533 e. The summed E-state index contributed by atoms with van der Waals surface area (Å²) in [5, 5.41) is 2.34. The van der Waals surface area contributed by atoms with Gasteiger partial charge in [0.05, 0.1) is 5.69 Å². The van der Waals surface area contributed by atoms with Crippen molar-refractivity contribution in [2.24, 2.45) is 5.41 Å². The van der Waals surface area contributed by atoms with E-state index in [9.17, 15) is 1.37 Å². The van der Waals surface area contributed by atoms with Gasteiger partial charge >= 0.3 is 179 Å². The van der Waals surface area contributed by atoms with E-state index in [-0.39, 0.29) is 0 Å². The number of ether oxygens (including phenoxy) is 1. The van der Waals surface area contributed by atoms with Crippen LogP contribution in [0.2, 0.25) is 17.3 Å². The Morgan fingerprint density at radius 2 is 1.40 bits per heavy atom. The molecule has 53 heavy (non-hydrogen) atoms. The van der Waals surface area contributed by atoms with E-state index >= 15 is 0 Å². The third kappa shape index (κ3) is 6.83. The average Bonchev–Trinajstić information content (AvgIpc) is 3.53. The van der Waals surface area contributed by atoms with E-state index in [4.69, 9.17) is 14.7 Å². The fraction of sp³-hybridized carbons (Fsp3) is 0.292. The molecule has 2 aliphatic carbocycles. The molecule has 7 aromatic rings. The van der Waals surface area contributed by atoms with Crippen LogP contribution in [0.1, 0.15) is 70.6 Å². The van der Waals surface area contributed by atoms with Crippen LogP contribution in [0, 0.1) is 5.41 Å². The number of pyridine rings is 2. The Kier molecular flexibility index (Phi) is 8.67. The SMILES string of the molecule is [2H]C1(c2ccnc(-c3cccc(Oc4ccc5c6ccccc6n(-c6cc(-c7cc[c]([Ge]([CH3])([CH3])[CH3])cc7)ccn6)c5c4)c3)c2)CCC2(CCCCC2)CC1. The maximum Gasteiger partial charge on any atom is -0.00988 e. The first kappa shape index (κ1) is 32.9. The zero-order valence-electron chi connectivity index (χ0n) is 32.2. The molecule has 0 amide bonds. The average molecular weight is 758 g/mol. The Hall–Kier alpha value is -4.68. The number of hydrogen-bond acceptors (Lipinski definition) is 3. The molecule has 3 heterocycles. The molecule has 1 spiro atoms. The predicted octanol–water partition coefficient (Wildman–Crippen LogP) is 12.9. The van der Waals surface area contributed by atoms with Crippen molar-refractivity contribution in [3.63, 3.8) is 0 Å². The van der Waals surface area contributed by atoms with E-state index < -0.39 is 19.2 Å². The van der Waals surface area contributed by atoms with Gasteiger partial charge in [0.25, 0.3) is 0 Å². The van der Waals surface area contributed by atoms with Crippen LogP contribution in [0.4, 0.5) is 0 Å². The number of nitrogens with zero attached hydrogens (tertiary/aromatic N) is 3. The number of fused-ring (bicyclic) bond motifs is 3. The van der Waals surface area contributed by atoms with Gasteiger partial charge in [-0.05, 0) is 79.7 Å². The third-order valence-electron chi connectivity index (χ3n) is 12.1. The number of aromatic nitrogens is 3. The van der Waals surface area contributed by atoms with E-state index in [1.165, 1.54) is 60.3 Å². The standard InChI is InChI=1S/C48H49GeN3O/c1-49(2,3)39-16-14-34(15-17-39)37-23-29-51-47(32-37)52-45-13-6-5-12-42(45)43-19-18-41(33-46(43)52)53-40-11-9-10-38(30-40)44-31-36(22-28-50-44)35-20-26-48(27-21-35)24-7-4-8-25-48/h5-6,9-19,22-23,28-33,35H,4,7-8,20-21,24-27H2,1-3H3/i35D. The van der Waals surface area contributed by atoms with Crippen molar-refractivity contribution in [1.29, 1.82) is 0 Å². The van der Waals surface area contributed by atoms with Crippen molar-refractivity contribution >= 4 is 39.5 Å². The van der Waals surface area contributed by atoms with Crippen molar-refractivity contribution in [3.05, 3.63) is 133 Å². The monoisotopic (exact) mass is 758 g/mol. The Balaban J connectivity index is 1.01. The molecular weight excluding hydrogens is 707 g/mol. The first-order chi connectivity index (χ1) is 26.2. The van der Waals surface area contributed by atoms with Crippen LogP contribution in [-0.2, 0) is 0 Å². The van der Waals surface area contributed by atoms with Crippen LogP contribution in [0.15, 0.2) is 128 Å². The van der Waals surface area contributed by atoms with Crippen molar-refractivity contribution < 1.29 is 6.11 Å². The minimum absolute atomic E-state index is 0.489. The first-order valence-corrected chi connectivity index (χ1v) is 26.9. The molecule has 0 bridgehead atoms. The van der Waals surface area contributed by atoms with E-state index in [0.29, 0.717) is 5.41 Å². The fourth-order valence-corrected chi connectivity index (χ4v) is 11.4. The second-order valence-corrected chi connectivity index (χ2v) is 27.1. The van der Waals surface area contributed by atoms with Gasteiger partial charge < -0.3 is 0 Å². The minimum atomic E-state index is -1.90. The number of benzene rings is 4. The smallest absolute Gasteiger partial charge is 0.00988 e. The largest absolute Gasteiger partial charge is 0.0533 e. The number of hydrogen-bond donors (Lipinski definition) is 0. The van der Waals surface area contributed by atoms with Crippen molar-refractivity contribution in [2.75, 3.05) is 0 Å². The van der Waals surface area contributed by atoms with Gasteiger partial charge in [0.15, 0.2) is 0 Å². The molecule has 0 aliphatic heterocycles. The molecule has 0 saturated heterocycles. The van der Waals surface area contributed by atoms with E-state index in [2.05, 4.69) is 125 Å². The van der Waals surface area contributed by atoms with Gasteiger partial charge in [-0.1, -0.05) is 31.4 Å². The molecule has 0 atom stereocenters. The van der Waals surface area contributed by atoms with Crippen LogP contribution in [0.3, 0.4) is 0 Å². The molecule has 0 N–H and O–H groups in total. The van der Waals surface area contributed by atoms with Crippen LogP contribution < -0.4 is 9.13 Å². The van der Waals surface area contributed by atoms with E-state index in [0.717, 1.165) is 69.0 Å². The third-order valence-corrected chi connectivity index (χ3v) is 16.4. The Morgan fingerprint density at radius 1 is 0.642 bits per heavy atom. The van der Waals surface area contributed by atoms with Crippen molar-refractivity contribution in [3.8, 4) is 39.7 Å². The molecular formula is C48H49GeN3O. The zero-order chi connectivity index (χ0) is 36.9. The van der Waals surface area contributed by atoms with Gasteiger partial charge in [-0.15, -0.1) is 0 Å². The summed E-state index contributed by atoms with van der Waals surface area (Å²) in [7, 11) is 0. The Bertz CT molecular complexity index is 2460. The summed E-state index contributed by atoms with van der Waals surface area (Å²) in [6.07, 6.45) is 14.8. The van der Waals surface area contributed by atoms with Crippen molar-refractivity contribution in [1.82, 2.24) is 14.5 Å². The van der Waals surface area contributed by atoms with Crippen LogP contribution >= 0.6 is 0 Å². The van der Waals surface area contributed by atoms with Gasteiger partial charge in [-0.25, -0.2) is 0 Å². The van der Waals surface area contributed by atoms with E-state index in [1.54, 1.807) is 0 Å². The normalized spacial score (nSPS) is 17.2. The molecule has 3 aromatic heterocycles. The maximum absolute atomic E-state index is 9.53. The molecule has 9 rings (SSSR count). The molecule has 0 unspecified atom stereocenters. The zero-order valence-corrected chi connectivity index (χ0v) is 33.3. The molecule has 4 nitrogen and oxygen atoms in total. The summed E-state index contributed by atoms with van der Waals surface area (Å²) in [5.74, 6) is 9.14. The Labute approximate surface area is 318 Å². The molecule has 266 valence electrons. The Morgan fingerprint density at radius 3 is 2.21 bits per heavy atom. The van der Waals surface area contributed by atoms with Crippen LogP contribution in [0.25, 0.3) is 50.0 Å². The summed E-state index contributed by atoms with van der Waals surface area (Å²) in [6, 6.07) is 40.7. The first-order valence-electron chi connectivity index (χ1n) is 20.0.